The van der Waals surface area contributed by atoms with Gasteiger partial charge in [0.1, 0.15) is 16.3 Å². The molecule has 6 nitrogen and oxygen atoms in total. The van der Waals surface area contributed by atoms with E-state index in [9.17, 15) is 13.5 Å². The minimum atomic E-state index is -3.80. The Kier molecular flexibility index (Phi) is 4.33. The highest BCUT2D eigenvalue weighted by molar-refractivity contribution is 7.92. The zero-order valence-electron chi connectivity index (χ0n) is 13.2. The van der Waals surface area contributed by atoms with Crippen LogP contribution in [0.2, 0.25) is 0 Å². The van der Waals surface area contributed by atoms with Crippen LogP contribution >= 0.6 is 11.3 Å². The van der Waals surface area contributed by atoms with Crippen LogP contribution in [0.4, 0.5) is 5.69 Å². The summed E-state index contributed by atoms with van der Waals surface area (Å²) in [6.45, 7) is 3.88. The van der Waals surface area contributed by atoms with E-state index in [0.29, 0.717) is 11.4 Å². The van der Waals surface area contributed by atoms with Gasteiger partial charge in [0.2, 0.25) is 0 Å². The first-order valence-corrected chi connectivity index (χ1v) is 9.68. The third-order valence-corrected chi connectivity index (χ3v) is 5.65. The number of benzene rings is 1. The Balaban J connectivity index is 2.04. The van der Waals surface area contributed by atoms with Crippen LogP contribution in [-0.4, -0.2) is 23.3 Å². The van der Waals surface area contributed by atoms with Crippen molar-refractivity contribution in [2.45, 2.75) is 24.8 Å². The molecule has 2 N–H and O–H groups in total. The third-order valence-electron chi connectivity index (χ3n) is 3.39. The molecule has 2 aromatic heterocycles. The minimum Gasteiger partial charge on any atom is -0.508 e. The third kappa shape index (κ3) is 3.29. The van der Waals surface area contributed by atoms with Crippen LogP contribution in [0.1, 0.15) is 19.9 Å². The van der Waals surface area contributed by atoms with Gasteiger partial charge >= 0.3 is 0 Å². The topological polar surface area (TPSA) is 84.2 Å². The predicted octanol–water partition coefficient (Wildman–Crippen LogP) is 3.70. The van der Waals surface area contributed by atoms with Gasteiger partial charge in [-0.15, -0.1) is 11.3 Å². The van der Waals surface area contributed by atoms with Crippen LogP contribution in [-0.2, 0) is 10.0 Å². The van der Waals surface area contributed by atoms with Gasteiger partial charge in [0.25, 0.3) is 10.0 Å². The van der Waals surface area contributed by atoms with E-state index in [1.807, 2.05) is 31.4 Å². The standard InChI is InChI=1S/C16H17N3O3S2/c1-11(2)19-10-15(16(17-19)14-4-3-9-23-14)24(21,22)18-12-5-7-13(20)8-6-12/h3-11,18,20H,1-2H3. The smallest absolute Gasteiger partial charge is 0.265 e. The molecule has 3 rings (SSSR count). The highest BCUT2D eigenvalue weighted by atomic mass is 32.2. The number of hydrogen-bond donors (Lipinski definition) is 2. The number of nitrogens with zero attached hydrogens (tertiary/aromatic N) is 2. The highest BCUT2D eigenvalue weighted by Crippen LogP contribution is 2.31. The molecule has 3 aromatic rings. The van der Waals surface area contributed by atoms with Gasteiger partial charge in [-0.3, -0.25) is 9.40 Å². The van der Waals surface area contributed by atoms with Crippen molar-refractivity contribution in [2.75, 3.05) is 4.72 Å². The Hall–Kier alpha value is -2.32. The molecule has 0 atom stereocenters. The van der Waals surface area contributed by atoms with E-state index in [2.05, 4.69) is 9.82 Å². The van der Waals surface area contributed by atoms with Crippen molar-refractivity contribution in [3.05, 3.63) is 48.0 Å². The van der Waals surface area contributed by atoms with Crippen molar-refractivity contribution >= 4 is 27.0 Å². The number of phenolic OH excluding ortho intramolecular Hbond substituents is 1. The average Bonchev–Trinajstić information content (AvgIpc) is 3.18. The molecule has 126 valence electrons. The molecule has 0 aliphatic carbocycles. The fraction of sp³-hybridized carbons (Fsp3) is 0.188. The minimum absolute atomic E-state index is 0.0429. The monoisotopic (exact) mass is 363 g/mol. The Labute approximate surface area is 144 Å². The Bertz CT molecular complexity index is 928. The lowest BCUT2D eigenvalue weighted by Crippen LogP contribution is -2.13. The zero-order valence-corrected chi connectivity index (χ0v) is 14.8. The summed E-state index contributed by atoms with van der Waals surface area (Å²) in [4.78, 5) is 0.923. The first kappa shape index (κ1) is 16.5. The Morgan fingerprint density at radius 1 is 1.21 bits per heavy atom. The molecular formula is C16H17N3O3S2. The van der Waals surface area contributed by atoms with E-state index in [1.54, 1.807) is 10.9 Å². The summed E-state index contributed by atoms with van der Waals surface area (Å²) in [7, 11) is -3.80. The van der Waals surface area contributed by atoms with Gasteiger partial charge in [0, 0.05) is 17.9 Å². The number of aromatic hydroxyl groups is 1. The second-order valence-electron chi connectivity index (χ2n) is 5.55. The maximum absolute atomic E-state index is 12.8. The molecule has 0 aliphatic heterocycles. The van der Waals surface area contributed by atoms with Crippen LogP contribution in [0.5, 0.6) is 5.75 Å². The van der Waals surface area contributed by atoms with Crippen molar-refractivity contribution in [1.82, 2.24) is 9.78 Å². The number of rotatable bonds is 5. The van der Waals surface area contributed by atoms with Crippen molar-refractivity contribution in [3.63, 3.8) is 0 Å². The first-order valence-electron chi connectivity index (χ1n) is 7.32. The molecule has 0 spiro atoms. The van der Waals surface area contributed by atoms with E-state index in [-0.39, 0.29) is 16.7 Å². The maximum Gasteiger partial charge on any atom is 0.265 e. The van der Waals surface area contributed by atoms with Gasteiger partial charge < -0.3 is 5.11 Å². The van der Waals surface area contributed by atoms with Crippen LogP contribution in [0.3, 0.4) is 0 Å². The van der Waals surface area contributed by atoms with Crippen LogP contribution < -0.4 is 4.72 Å². The number of nitrogens with one attached hydrogen (secondary N) is 1. The molecule has 0 saturated carbocycles. The summed E-state index contributed by atoms with van der Waals surface area (Å²) in [5, 5.41) is 15.6. The largest absolute Gasteiger partial charge is 0.508 e. The van der Waals surface area contributed by atoms with Crippen LogP contribution in [0, 0.1) is 0 Å². The van der Waals surface area contributed by atoms with E-state index in [1.165, 1.54) is 35.6 Å². The fourth-order valence-corrected chi connectivity index (χ4v) is 4.16. The summed E-state index contributed by atoms with van der Waals surface area (Å²) in [6, 6.07) is 9.61. The molecule has 8 heteroatoms. The summed E-state index contributed by atoms with van der Waals surface area (Å²) in [5.74, 6) is 0.0739. The molecule has 2 heterocycles. The quantitative estimate of drug-likeness (QED) is 0.677. The normalized spacial score (nSPS) is 11.8. The van der Waals surface area contributed by atoms with E-state index >= 15 is 0 Å². The van der Waals surface area contributed by atoms with E-state index in [0.717, 1.165) is 4.88 Å². The van der Waals surface area contributed by atoms with Gasteiger partial charge in [-0.2, -0.15) is 5.10 Å². The van der Waals surface area contributed by atoms with E-state index in [4.69, 9.17) is 0 Å². The van der Waals surface area contributed by atoms with Gasteiger partial charge in [0.05, 0.1) is 4.88 Å². The van der Waals surface area contributed by atoms with Gasteiger partial charge in [0.15, 0.2) is 0 Å². The summed E-state index contributed by atoms with van der Waals surface area (Å²) in [5.41, 5.74) is 0.812. The summed E-state index contributed by atoms with van der Waals surface area (Å²) in [6.07, 6.45) is 1.54. The van der Waals surface area contributed by atoms with Gasteiger partial charge in [-0.05, 0) is 49.6 Å². The molecule has 0 radical (unpaired) electrons. The van der Waals surface area contributed by atoms with Gasteiger partial charge in [-0.1, -0.05) is 6.07 Å². The first-order chi connectivity index (χ1) is 11.4. The number of anilines is 1. The number of thiophene rings is 1. The van der Waals surface area contributed by atoms with Crippen molar-refractivity contribution in [2.24, 2.45) is 0 Å². The molecular weight excluding hydrogens is 346 g/mol. The lowest BCUT2D eigenvalue weighted by atomic mass is 10.3. The zero-order chi connectivity index (χ0) is 17.3. The summed E-state index contributed by atoms with van der Waals surface area (Å²) < 4.78 is 29.8. The number of hydrogen-bond acceptors (Lipinski definition) is 5. The SMILES string of the molecule is CC(C)n1cc(S(=O)(=O)Nc2ccc(O)cc2)c(-c2cccs2)n1. The molecule has 0 bridgehead atoms. The predicted molar refractivity (Wildman–Crippen MR) is 94.8 cm³/mol. The number of sulfonamides is 1. The Morgan fingerprint density at radius 3 is 2.50 bits per heavy atom. The second-order valence-corrected chi connectivity index (χ2v) is 8.14. The number of aromatic nitrogens is 2. The Morgan fingerprint density at radius 2 is 1.92 bits per heavy atom. The lowest BCUT2D eigenvalue weighted by molar-refractivity contribution is 0.475. The van der Waals surface area contributed by atoms with Crippen LogP contribution in [0.15, 0.2) is 52.9 Å². The highest BCUT2D eigenvalue weighted by Gasteiger charge is 2.25. The van der Waals surface area contributed by atoms with Crippen molar-refractivity contribution in [1.29, 1.82) is 0 Å². The maximum atomic E-state index is 12.8. The second kappa shape index (κ2) is 6.29. The number of phenols is 1. The molecule has 0 unspecified atom stereocenters. The molecule has 1 aromatic carbocycles. The molecule has 0 aliphatic rings. The van der Waals surface area contributed by atoms with E-state index < -0.39 is 10.0 Å². The molecule has 0 fully saturated rings. The van der Waals surface area contributed by atoms with Crippen LogP contribution in [0.25, 0.3) is 10.6 Å². The fourth-order valence-electron chi connectivity index (χ4n) is 2.16. The van der Waals surface area contributed by atoms with Crippen molar-refractivity contribution in [3.8, 4) is 16.3 Å². The van der Waals surface area contributed by atoms with Gasteiger partial charge in [-0.25, -0.2) is 8.42 Å². The molecule has 24 heavy (non-hydrogen) atoms. The van der Waals surface area contributed by atoms with Crippen molar-refractivity contribution < 1.29 is 13.5 Å². The average molecular weight is 363 g/mol. The lowest BCUT2D eigenvalue weighted by Gasteiger charge is -2.07. The summed E-state index contributed by atoms with van der Waals surface area (Å²) >= 11 is 1.44. The molecule has 0 amide bonds. The molecule has 0 saturated heterocycles.